The van der Waals surface area contributed by atoms with Crippen molar-refractivity contribution in [3.8, 4) is 67.6 Å². The fraction of sp³-hybridized carbons (Fsp3) is 0. The molecule has 0 radical (unpaired) electrons. The minimum atomic E-state index is -0.267. The molecule has 6 heteroatoms. The molecular weight excluding hydrogens is 1090 g/mol. The number of hydrogen-bond donors (Lipinski definition) is 0. The Balaban J connectivity index is 0.960. The summed E-state index contributed by atoms with van der Waals surface area (Å²) in [6, 6.07) is 104. The molecule has 3 aromatic heterocycles. The zero-order chi connectivity index (χ0) is 59.0. The highest BCUT2D eigenvalue weighted by Gasteiger charge is 2.45. The maximum absolute atomic E-state index is 12.5. The summed E-state index contributed by atoms with van der Waals surface area (Å²) in [4.78, 5) is 4.78. The molecule has 410 valence electrons. The maximum atomic E-state index is 12.5. The summed E-state index contributed by atoms with van der Waals surface area (Å²) in [6.07, 6.45) is 0. The minimum Gasteiger partial charge on any atom is -0.320 e. The average Bonchev–Trinajstić information content (AvgIpc) is 1.39. The van der Waals surface area contributed by atoms with Crippen LogP contribution in [0.3, 0.4) is 0 Å². The van der Waals surface area contributed by atoms with E-state index in [1.165, 1.54) is 54.7 Å². The van der Waals surface area contributed by atoms with E-state index in [0.29, 0.717) is 16.9 Å². The summed E-state index contributed by atoms with van der Waals surface area (Å²) in [7, 11) is 0. The van der Waals surface area contributed by atoms with E-state index in [1.807, 2.05) is 0 Å². The van der Waals surface area contributed by atoms with E-state index in [0.717, 1.165) is 126 Å². The van der Waals surface area contributed by atoms with Gasteiger partial charge in [0.2, 0.25) is 5.69 Å². The van der Waals surface area contributed by atoms with Crippen molar-refractivity contribution in [2.24, 2.45) is 0 Å². The third-order valence-corrected chi connectivity index (χ3v) is 20.0. The number of hydrogen-bond acceptors (Lipinski definition) is 1. The lowest BCUT2D eigenvalue weighted by atomic mass is 9.34. The van der Waals surface area contributed by atoms with Crippen molar-refractivity contribution in [1.82, 2.24) is 13.7 Å². The van der Waals surface area contributed by atoms with Gasteiger partial charge in [-0.15, -0.1) is 0 Å². The van der Waals surface area contributed by atoms with Crippen molar-refractivity contribution < 1.29 is 0 Å². The van der Waals surface area contributed by atoms with Crippen molar-refractivity contribution in [3.63, 3.8) is 0 Å². The molecule has 0 aliphatic carbocycles. The van der Waals surface area contributed by atoms with Crippen molar-refractivity contribution >= 4 is 137 Å². The Hall–Kier alpha value is -12.2. The van der Waals surface area contributed by atoms with Crippen LogP contribution in [0.1, 0.15) is 5.56 Å². The monoisotopic (exact) mass is 1140 g/mol. The van der Waals surface area contributed by atoms with Gasteiger partial charge in [0.25, 0.3) is 6.71 Å². The predicted octanol–water partition coefficient (Wildman–Crippen LogP) is 19.8. The highest BCUT2D eigenvalue weighted by molar-refractivity contribution is 7.00. The SMILES string of the molecule is [C-]#[N+]c1c(-n2c3ccc(-c4c5ccccc5c(-c5ccccc5)c5ccccc45)cc3c3cc(-c4c5ccccc5c(-c5ccccc5)c5ccccc45)ccc32)c(C#N)c2c3c1-n1c4ccccc4c4cccc(c41)B3c1cccc3c4ccccc4n-2c13. The molecule has 5 nitrogen and oxygen atoms in total. The van der Waals surface area contributed by atoms with E-state index in [1.54, 1.807) is 0 Å². The highest BCUT2D eigenvalue weighted by Crippen LogP contribution is 2.52. The number of rotatable bonds is 5. The number of nitrogens with zero attached hydrogens (tertiary/aromatic N) is 5. The summed E-state index contributed by atoms with van der Waals surface area (Å²) in [6.45, 7) is 9.50. The first-order valence-electron chi connectivity index (χ1n) is 30.8. The van der Waals surface area contributed by atoms with Gasteiger partial charge in [0.1, 0.15) is 6.07 Å². The molecule has 20 rings (SSSR count). The Bertz CT molecular complexity index is 5870. The van der Waals surface area contributed by atoms with Crippen LogP contribution in [-0.2, 0) is 0 Å². The van der Waals surface area contributed by atoms with Crippen LogP contribution < -0.4 is 16.4 Å². The van der Waals surface area contributed by atoms with Gasteiger partial charge in [-0.05, 0) is 140 Å². The lowest BCUT2D eigenvalue weighted by molar-refractivity contribution is 1.10. The number of aromatic nitrogens is 3. The van der Waals surface area contributed by atoms with Gasteiger partial charge in [-0.3, -0.25) is 0 Å². The summed E-state index contributed by atoms with van der Waals surface area (Å²) in [5.41, 5.74) is 21.7. The topological polar surface area (TPSA) is 42.9 Å². The van der Waals surface area contributed by atoms with Crippen LogP contribution in [0.15, 0.2) is 279 Å². The summed E-state index contributed by atoms with van der Waals surface area (Å²) < 4.78 is 7.03. The molecule has 0 saturated heterocycles. The molecule has 0 spiro atoms. The second-order valence-corrected chi connectivity index (χ2v) is 24.2. The Labute approximate surface area is 516 Å². The van der Waals surface area contributed by atoms with Crippen LogP contribution in [-0.4, -0.2) is 20.4 Å². The van der Waals surface area contributed by atoms with Crippen LogP contribution in [0.5, 0.6) is 0 Å². The molecule has 0 unspecified atom stereocenters. The fourth-order valence-corrected chi connectivity index (χ4v) is 16.7. The molecule has 0 saturated carbocycles. The van der Waals surface area contributed by atoms with Gasteiger partial charge in [0.15, 0.2) is 0 Å². The number of fused-ring (bicyclic) bond motifs is 17. The Kier molecular flexibility index (Phi) is 9.89. The van der Waals surface area contributed by atoms with Gasteiger partial charge in [-0.2, -0.15) is 5.26 Å². The van der Waals surface area contributed by atoms with Gasteiger partial charge in [-0.25, -0.2) is 4.85 Å². The number of para-hydroxylation sites is 4. The van der Waals surface area contributed by atoms with Crippen LogP contribution in [0.2, 0.25) is 0 Å². The molecule has 90 heavy (non-hydrogen) atoms. The smallest absolute Gasteiger partial charge is 0.250 e. The van der Waals surface area contributed by atoms with E-state index in [9.17, 15) is 11.8 Å². The molecule has 0 amide bonds. The molecule has 0 atom stereocenters. The largest absolute Gasteiger partial charge is 0.320 e. The molecule has 15 aromatic carbocycles. The van der Waals surface area contributed by atoms with Crippen LogP contribution in [0.4, 0.5) is 5.69 Å². The second kappa shape index (κ2) is 18.2. The van der Waals surface area contributed by atoms with Crippen molar-refractivity contribution in [1.29, 1.82) is 5.26 Å². The van der Waals surface area contributed by atoms with Crippen molar-refractivity contribution in [2.45, 2.75) is 0 Å². The van der Waals surface area contributed by atoms with Crippen molar-refractivity contribution in [3.05, 3.63) is 296 Å². The van der Waals surface area contributed by atoms with Crippen molar-refractivity contribution in [2.75, 3.05) is 0 Å². The fourth-order valence-electron chi connectivity index (χ4n) is 16.7. The molecule has 0 N–H and O–H groups in total. The van der Waals surface area contributed by atoms with E-state index in [-0.39, 0.29) is 6.71 Å². The van der Waals surface area contributed by atoms with Gasteiger partial charge in [0, 0.05) is 43.4 Å². The van der Waals surface area contributed by atoms with E-state index in [2.05, 4.69) is 299 Å². The van der Waals surface area contributed by atoms with Gasteiger partial charge >= 0.3 is 0 Å². The first-order valence-corrected chi connectivity index (χ1v) is 30.8. The quantitative estimate of drug-likeness (QED) is 0.0962. The van der Waals surface area contributed by atoms with Crippen LogP contribution in [0, 0.1) is 17.9 Å². The molecule has 2 aliphatic heterocycles. The zero-order valence-corrected chi connectivity index (χ0v) is 48.4. The van der Waals surface area contributed by atoms with E-state index < -0.39 is 0 Å². The molecule has 0 fully saturated rings. The van der Waals surface area contributed by atoms with Gasteiger partial charge in [-0.1, -0.05) is 243 Å². The molecule has 0 bridgehead atoms. The first kappa shape index (κ1) is 49.0. The second-order valence-electron chi connectivity index (χ2n) is 24.2. The Morgan fingerprint density at radius 2 is 0.644 bits per heavy atom. The van der Waals surface area contributed by atoms with E-state index >= 15 is 0 Å². The number of benzene rings is 15. The van der Waals surface area contributed by atoms with Crippen LogP contribution >= 0.6 is 0 Å². The molecular formula is C84H46BN5. The lowest BCUT2D eigenvalue weighted by Crippen LogP contribution is -2.59. The summed E-state index contributed by atoms with van der Waals surface area (Å²) >= 11 is 0. The highest BCUT2D eigenvalue weighted by atomic mass is 15.1. The predicted molar refractivity (Wildman–Crippen MR) is 377 cm³/mol. The third-order valence-electron chi connectivity index (χ3n) is 20.0. The average molecular weight is 1140 g/mol. The molecule has 2 aliphatic rings. The standard InChI is InChI=1S/C84H46BN5/c1-87-79-83(67(48-86)82-78-84(79)90-71-41-19-17-27-54(71)64-37-21-39-69(81(64)90)85(78)68-38-20-36-63-53-26-16-18-40-70(53)89(82)80(63)68)88-72-44-42-51(76-59-32-12-8-28-55(59)74(49-22-4-2-5-23-49)56-29-9-13-33-60(56)76)46-65(72)66-47-52(43-45-73(66)88)77-61-34-14-10-30-57(61)75(50-24-6-3-7-25-50)58-31-11-15-35-62(58)77/h2-47H. The normalized spacial score (nSPS) is 12.4. The number of nitriles is 1. The molecule has 5 heterocycles. The first-order chi connectivity index (χ1) is 44.7. The minimum absolute atomic E-state index is 0.267. The Morgan fingerprint density at radius 3 is 1.04 bits per heavy atom. The summed E-state index contributed by atoms with van der Waals surface area (Å²) in [5, 5.41) is 28.4. The lowest BCUT2D eigenvalue weighted by Gasteiger charge is -2.36. The molecule has 18 aromatic rings. The van der Waals surface area contributed by atoms with Gasteiger partial charge in [0.05, 0.1) is 51.3 Å². The third kappa shape index (κ3) is 6.28. The summed E-state index contributed by atoms with van der Waals surface area (Å²) in [5.74, 6) is 0. The zero-order valence-electron chi connectivity index (χ0n) is 48.4. The van der Waals surface area contributed by atoms with Crippen LogP contribution in [0.25, 0.3) is 175 Å². The maximum Gasteiger partial charge on any atom is 0.250 e. The van der Waals surface area contributed by atoms with Gasteiger partial charge < -0.3 is 13.7 Å². The Morgan fingerprint density at radius 1 is 0.300 bits per heavy atom. The van der Waals surface area contributed by atoms with E-state index in [4.69, 9.17) is 4.85 Å².